The average Bonchev–Trinajstić information content (AvgIpc) is 3.51. The quantitative estimate of drug-likeness (QED) is 0.315. The van der Waals surface area contributed by atoms with Crippen molar-refractivity contribution in [2.45, 2.75) is 90.7 Å². The lowest BCUT2D eigenvalue weighted by Crippen LogP contribution is -2.52. The molecule has 0 aromatic heterocycles. The van der Waals surface area contributed by atoms with E-state index in [2.05, 4.69) is 74.2 Å². The van der Waals surface area contributed by atoms with Crippen LogP contribution in [-0.4, -0.2) is 50.2 Å². The van der Waals surface area contributed by atoms with Gasteiger partial charge in [-0.1, -0.05) is 43.7 Å². The summed E-state index contributed by atoms with van der Waals surface area (Å²) in [5, 5.41) is 0. The van der Waals surface area contributed by atoms with E-state index in [1.165, 1.54) is 74.9 Å². The van der Waals surface area contributed by atoms with Gasteiger partial charge in [-0.05, 0) is 117 Å². The van der Waals surface area contributed by atoms with Gasteiger partial charge in [0.1, 0.15) is 6.10 Å². The van der Waals surface area contributed by atoms with Gasteiger partial charge in [0.15, 0.2) is 0 Å². The first-order chi connectivity index (χ1) is 18.2. The number of carbonyl (C=O) groups is 1. The van der Waals surface area contributed by atoms with Crippen LogP contribution in [0.1, 0.15) is 84.1 Å². The summed E-state index contributed by atoms with van der Waals surface area (Å²) < 4.78 is 6.18. The van der Waals surface area contributed by atoms with Gasteiger partial charge in [-0.15, -0.1) is 0 Å². The predicted octanol–water partition coefficient (Wildman–Crippen LogP) is 7.10. The van der Waals surface area contributed by atoms with E-state index in [0.29, 0.717) is 17.3 Å². The number of nitrogens with zero attached hydrogens (tertiary/aromatic N) is 2. The fourth-order valence-corrected chi connectivity index (χ4v) is 9.50. The van der Waals surface area contributed by atoms with E-state index in [0.717, 1.165) is 24.8 Å². The number of benzene rings is 1. The summed E-state index contributed by atoms with van der Waals surface area (Å²) in [7, 11) is 4.15. The van der Waals surface area contributed by atoms with E-state index >= 15 is 0 Å². The fraction of sp³-hybridized carbons (Fsp3) is 0.676. The number of hydrogen-bond acceptors (Lipinski definition) is 4. The molecule has 0 unspecified atom stereocenters. The van der Waals surface area contributed by atoms with Crippen LogP contribution in [0.2, 0.25) is 0 Å². The number of carbonyl (C=O) groups excluding carboxylic acids is 1. The van der Waals surface area contributed by atoms with Crippen LogP contribution in [0.25, 0.3) is 6.08 Å². The Morgan fingerprint density at radius 3 is 2.45 bits per heavy atom. The van der Waals surface area contributed by atoms with Crippen LogP contribution in [0.5, 0.6) is 0 Å². The second-order valence-electron chi connectivity index (χ2n) is 13.8. The average molecular weight is 517 g/mol. The smallest absolute Gasteiger partial charge is 0.303 e. The molecule has 6 rings (SSSR count). The summed E-state index contributed by atoms with van der Waals surface area (Å²) in [6, 6.07) is 9.54. The molecule has 206 valence electrons. The molecule has 7 atom stereocenters. The summed E-state index contributed by atoms with van der Waals surface area (Å²) in [4.78, 5) is 17.2. The third-order valence-electron chi connectivity index (χ3n) is 11.6. The Kier molecular flexibility index (Phi) is 6.78. The largest absolute Gasteiger partial charge is 0.457 e. The van der Waals surface area contributed by atoms with Crippen LogP contribution < -0.4 is 4.90 Å². The Balaban J connectivity index is 1.28. The first kappa shape index (κ1) is 26.2. The van der Waals surface area contributed by atoms with Gasteiger partial charge in [0.05, 0.1) is 0 Å². The highest BCUT2D eigenvalue weighted by molar-refractivity contribution is 5.68. The maximum atomic E-state index is 12.3. The zero-order valence-electron chi connectivity index (χ0n) is 24.3. The standard InChI is InChI=1S/C34H48N2O2/c1-23(37)38-32-25(20-24-8-11-27(12-9-24)35(4)5)21-31-29-13-10-26-22-28(36-18-6-7-19-36)14-16-33(26,2)30(29)15-17-34(31,32)3/h8-12,20,28-32H,6-7,13-19,21-22H2,1-5H3/b25-20+/t28-,29+,30-,31-,32-,33-,34-/m0/s1. The monoisotopic (exact) mass is 516 g/mol. The molecule has 0 spiro atoms. The van der Waals surface area contributed by atoms with Crippen molar-refractivity contribution in [3.63, 3.8) is 0 Å². The highest BCUT2D eigenvalue weighted by Gasteiger charge is 2.61. The minimum absolute atomic E-state index is 0.0245. The molecule has 4 heteroatoms. The Morgan fingerprint density at radius 2 is 1.76 bits per heavy atom. The van der Waals surface area contributed by atoms with Crippen molar-refractivity contribution in [3.05, 3.63) is 47.1 Å². The van der Waals surface area contributed by atoms with Gasteiger partial charge in [0.2, 0.25) is 0 Å². The summed E-state index contributed by atoms with van der Waals surface area (Å²) >= 11 is 0. The predicted molar refractivity (Wildman–Crippen MR) is 156 cm³/mol. The zero-order valence-corrected chi connectivity index (χ0v) is 24.3. The van der Waals surface area contributed by atoms with Crippen LogP contribution in [0.3, 0.4) is 0 Å². The van der Waals surface area contributed by atoms with E-state index in [-0.39, 0.29) is 17.5 Å². The van der Waals surface area contributed by atoms with Gasteiger partial charge in [0.25, 0.3) is 0 Å². The number of hydrogen-bond donors (Lipinski definition) is 0. The molecule has 38 heavy (non-hydrogen) atoms. The summed E-state index contributed by atoms with van der Waals surface area (Å²) in [6.07, 6.45) is 16.4. The minimum Gasteiger partial charge on any atom is -0.457 e. The molecule has 3 saturated carbocycles. The number of rotatable bonds is 4. The zero-order chi connectivity index (χ0) is 26.7. The molecule has 4 fully saturated rings. The summed E-state index contributed by atoms with van der Waals surface area (Å²) in [5.41, 5.74) is 5.89. The lowest BCUT2D eigenvalue weighted by Gasteiger charge is -2.58. The van der Waals surface area contributed by atoms with Crippen molar-refractivity contribution < 1.29 is 9.53 Å². The van der Waals surface area contributed by atoms with Crippen molar-refractivity contribution in [1.29, 1.82) is 0 Å². The molecule has 1 saturated heterocycles. The molecule has 0 N–H and O–H groups in total. The first-order valence-electron chi connectivity index (χ1n) is 15.3. The highest BCUT2D eigenvalue weighted by atomic mass is 16.5. The Labute approximate surface area is 230 Å². The van der Waals surface area contributed by atoms with E-state index in [9.17, 15) is 4.79 Å². The van der Waals surface area contributed by atoms with Crippen molar-refractivity contribution in [1.82, 2.24) is 4.90 Å². The second-order valence-corrected chi connectivity index (χ2v) is 13.8. The van der Waals surface area contributed by atoms with Crippen LogP contribution >= 0.6 is 0 Å². The lowest BCUT2D eigenvalue weighted by atomic mass is 9.48. The first-order valence-corrected chi connectivity index (χ1v) is 15.3. The molecule has 4 nitrogen and oxygen atoms in total. The molecule has 0 bridgehead atoms. The molecular weight excluding hydrogens is 468 g/mol. The highest BCUT2D eigenvalue weighted by Crippen LogP contribution is 2.66. The number of esters is 1. The number of likely N-dealkylation sites (tertiary alicyclic amines) is 1. The van der Waals surface area contributed by atoms with E-state index in [4.69, 9.17) is 4.74 Å². The fourth-order valence-electron chi connectivity index (χ4n) is 9.50. The third kappa shape index (κ3) is 4.35. The number of ether oxygens (including phenoxy) is 1. The normalized spacial score (nSPS) is 39.8. The van der Waals surface area contributed by atoms with Crippen LogP contribution in [-0.2, 0) is 9.53 Å². The maximum absolute atomic E-state index is 12.3. The Morgan fingerprint density at radius 1 is 1.03 bits per heavy atom. The second kappa shape index (κ2) is 9.84. The molecule has 1 aromatic rings. The number of fused-ring (bicyclic) bond motifs is 5. The van der Waals surface area contributed by atoms with Gasteiger partial charge in [-0.25, -0.2) is 0 Å². The van der Waals surface area contributed by atoms with Gasteiger partial charge < -0.3 is 14.5 Å². The van der Waals surface area contributed by atoms with Crippen molar-refractivity contribution in [2.75, 3.05) is 32.1 Å². The maximum Gasteiger partial charge on any atom is 0.303 e. The van der Waals surface area contributed by atoms with Gasteiger partial charge in [-0.3, -0.25) is 4.79 Å². The Bertz CT molecular complexity index is 1110. The van der Waals surface area contributed by atoms with Crippen LogP contribution in [0, 0.1) is 28.6 Å². The van der Waals surface area contributed by atoms with E-state index in [1.54, 1.807) is 12.5 Å². The number of allylic oxidation sites excluding steroid dienone is 1. The van der Waals surface area contributed by atoms with E-state index in [1.807, 2.05) is 0 Å². The SMILES string of the molecule is CC(=O)O[C@H]1/C(=C/c2ccc(N(C)C)cc2)C[C@H]2[C@@H]3CC=C4C[C@@H](N5CCCC5)CC[C@]4(C)[C@H]3CC[C@]12C. The van der Waals surface area contributed by atoms with Gasteiger partial charge in [0, 0.05) is 38.2 Å². The molecule has 0 radical (unpaired) electrons. The topological polar surface area (TPSA) is 32.8 Å². The van der Waals surface area contributed by atoms with Crippen molar-refractivity contribution in [3.8, 4) is 0 Å². The third-order valence-corrected chi connectivity index (χ3v) is 11.6. The number of anilines is 1. The molecule has 5 aliphatic rings. The molecule has 4 aliphatic carbocycles. The molecule has 1 aromatic carbocycles. The lowest BCUT2D eigenvalue weighted by molar-refractivity contribution is -0.154. The van der Waals surface area contributed by atoms with Crippen LogP contribution in [0.4, 0.5) is 5.69 Å². The minimum atomic E-state index is -0.147. The van der Waals surface area contributed by atoms with E-state index < -0.39 is 0 Å². The van der Waals surface area contributed by atoms with Crippen molar-refractivity contribution in [2.24, 2.45) is 28.6 Å². The summed E-state index contributed by atoms with van der Waals surface area (Å²) in [6.45, 7) is 9.25. The Hall–Kier alpha value is -2.07. The van der Waals surface area contributed by atoms with Gasteiger partial charge in [-0.2, -0.15) is 0 Å². The molecular formula is C34H48N2O2. The summed E-state index contributed by atoms with van der Waals surface area (Å²) in [5.74, 6) is 1.87. The van der Waals surface area contributed by atoms with Crippen LogP contribution in [0.15, 0.2) is 41.5 Å². The molecule has 1 aliphatic heterocycles. The molecule has 0 amide bonds. The van der Waals surface area contributed by atoms with Crippen molar-refractivity contribution >= 4 is 17.7 Å². The molecule has 1 heterocycles. The van der Waals surface area contributed by atoms with Gasteiger partial charge >= 0.3 is 5.97 Å².